The second-order valence-electron chi connectivity index (χ2n) is 10.3. The van der Waals surface area contributed by atoms with Crippen LogP contribution in [-0.2, 0) is 10.9 Å². The van der Waals surface area contributed by atoms with E-state index in [-0.39, 0.29) is 18.2 Å². The molecule has 208 valence electrons. The molecule has 2 N–H and O–H groups in total. The number of carbonyl (C=O) groups is 1. The molecule has 39 heavy (non-hydrogen) atoms. The first-order valence-electron chi connectivity index (χ1n) is 13.2. The molecule has 2 fully saturated rings. The van der Waals surface area contributed by atoms with Crippen molar-refractivity contribution in [3.05, 3.63) is 53.3 Å². The first-order valence-corrected chi connectivity index (χ1v) is 14.9. The summed E-state index contributed by atoms with van der Waals surface area (Å²) < 4.78 is 43.8. The van der Waals surface area contributed by atoms with Gasteiger partial charge in [-0.05, 0) is 76.6 Å². The highest BCUT2D eigenvalue weighted by Crippen LogP contribution is 2.46. The molecule has 0 bridgehead atoms. The molecular formula is C28H31F3N4O2S2. The van der Waals surface area contributed by atoms with Gasteiger partial charge in [0.05, 0.1) is 21.6 Å². The number of thiazole rings is 1. The molecule has 0 spiro atoms. The van der Waals surface area contributed by atoms with Gasteiger partial charge in [-0.3, -0.25) is 0 Å². The van der Waals surface area contributed by atoms with E-state index in [2.05, 4.69) is 21.7 Å². The predicted octanol–water partition coefficient (Wildman–Crippen LogP) is 8.38. The number of pyridine rings is 1. The lowest BCUT2D eigenvalue weighted by Crippen LogP contribution is -2.38. The molecule has 1 aromatic carbocycles. The first-order chi connectivity index (χ1) is 18.6. The highest BCUT2D eigenvalue weighted by Gasteiger charge is 2.31. The van der Waals surface area contributed by atoms with Crippen LogP contribution in [0.1, 0.15) is 68.9 Å². The third-order valence-electron chi connectivity index (χ3n) is 6.69. The Bertz CT molecular complexity index is 1280. The van der Waals surface area contributed by atoms with Gasteiger partial charge in [0.1, 0.15) is 5.82 Å². The summed E-state index contributed by atoms with van der Waals surface area (Å²) in [6.07, 6.45) is 3.97. The number of halogens is 3. The number of alkyl halides is 3. The molecule has 2 aromatic heterocycles. The highest BCUT2D eigenvalue weighted by molar-refractivity contribution is 8.00. The van der Waals surface area contributed by atoms with Crippen LogP contribution >= 0.6 is 23.1 Å². The summed E-state index contributed by atoms with van der Waals surface area (Å²) in [5.41, 5.74) is 1.13. The number of rotatable bonds is 8. The van der Waals surface area contributed by atoms with E-state index < -0.39 is 11.7 Å². The van der Waals surface area contributed by atoms with Crippen molar-refractivity contribution in [2.45, 2.75) is 86.8 Å². The van der Waals surface area contributed by atoms with Crippen molar-refractivity contribution in [3.63, 3.8) is 0 Å². The molecule has 0 aliphatic heterocycles. The van der Waals surface area contributed by atoms with Crippen molar-refractivity contribution in [1.82, 2.24) is 15.3 Å². The monoisotopic (exact) mass is 576 g/mol. The topological polar surface area (TPSA) is 76.1 Å². The van der Waals surface area contributed by atoms with Crippen LogP contribution in [0, 0.1) is 0 Å². The number of ether oxygens (including phenoxy) is 1. The number of nitrogens with one attached hydrogen (secondary N) is 2. The van der Waals surface area contributed by atoms with Crippen LogP contribution in [0.15, 0.2) is 47.6 Å². The van der Waals surface area contributed by atoms with E-state index >= 15 is 0 Å². The summed E-state index contributed by atoms with van der Waals surface area (Å²) in [6, 6.07) is 8.53. The molecule has 0 radical (unpaired) electrons. The summed E-state index contributed by atoms with van der Waals surface area (Å²) >= 11 is 3.55. The summed E-state index contributed by atoms with van der Waals surface area (Å²) in [6.45, 7) is 3.68. The number of hydrogen-bond donors (Lipinski definition) is 2. The molecule has 11 heteroatoms. The molecule has 2 aliphatic carbocycles. The van der Waals surface area contributed by atoms with Crippen LogP contribution in [-0.4, -0.2) is 33.5 Å². The molecule has 0 saturated heterocycles. The van der Waals surface area contributed by atoms with Crippen LogP contribution in [0.2, 0.25) is 0 Å². The Kier molecular flexibility index (Phi) is 8.37. The normalized spacial score (nSPS) is 19.6. The van der Waals surface area contributed by atoms with Crippen molar-refractivity contribution < 1.29 is 22.7 Å². The second kappa shape index (κ2) is 11.8. The summed E-state index contributed by atoms with van der Waals surface area (Å²) in [7, 11) is 0. The van der Waals surface area contributed by atoms with E-state index in [1.807, 2.05) is 43.9 Å². The fourth-order valence-electron chi connectivity index (χ4n) is 4.55. The maximum atomic E-state index is 12.9. The lowest BCUT2D eigenvalue weighted by Gasteiger charge is -2.28. The lowest BCUT2D eigenvalue weighted by atomic mass is 9.86. The third kappa shape index (κ3) is 7.45. The van der Waals surface area contributed by atoms with Gasteiger partial charge in [0.2, 0.25) is 0 Å². The Morgan fingerprint density at radius 3 is 2.46 bits per heavy atom. The largest absolute Gasteiger partial charge is 0.447 e. The van der Waals surface area contributed by atoms with Crippen LogP contribution in [0.4, 0.5) is 29.5 Å². The minimum atomic E-state index is -4.41. The number of thioether (sulfide) groups is 1. The number of carbonyl (C=O) groups excluding carboxylic acids is 1. The molecular weight excluding hydrogens is 545 g/mol. The van der Waals surface area contributed by atoms with E-state index in [9.17, 15) is 18.0 Å². The van der Waals surface area contributed by atoms with E-state index in [0.29, 0.717) is 17.0 Å². The average molecular weight is 577 g/mol. The molecule has 3 aromatic rings. The van der Waals surface area contributed by atoms with Gasteiger partial charge in [0.25, 0.3) is 0 Å². The fraction of sp³-hybridized carbons (Fsp3) is 0.464. The number of alkyl carbamates (subject to hydrolysis) is 1. The minimum absolute atomic E-state index is 0.132. The minimum Gasteiger partial charge on any atom is -0.447 e. The number of benzene rings is 1. The van der Waals surface area contributed by atoms with E-state index in [0.717, 1.165) is 64.0 Å². The Balaban J connectivity index is 1.26. The molecule has 6 nitrogen and oxygen atoms in total. The van der Waals surface area contributed by atoms with Crippen molar-refractivity contribution in [2.24, 2.45) is 0 Å². The third-order valence-corrected chi connectivity index (χ3v) is 9.28. The molecule has 2 saturated carbocycles. The number of nitrogens with zero attached hydrogens (tertiary/aromatic N) is 2. The SMILES string of the molecule is CC(C)OC(=O)N[C@H]1CC[C@H](c2ncc(-c3ccc(Nc4ccc(C(F)(F)F)cn4)cc3SC3CC3)s2)CC1. The van der Waals surface area contributed by atoms with Gasteiger partial charge >= 0.3 is 12.3 Å². The number of amides is 1. The Hall–Kier alpha value is -2.79. The maximum Gasteiger partial charge on any atom is 0.417 e. The standard InChI is InChI=1S/C28H31F3N4O2S2/c1-16(2)37-27(36)35-19-6-3-17(4-7-19)26-33-15-24(39-26)22-11-8-20(13-23(22)38-21-9-10-21)34-25-12-5-18(14-32-25)28(29,30)31/h5,8,11-17,19,21H,3-4,6-7,9-10H2,1-2H3,(H,32,34)(H,35,36)/t17-,19-. The Labute approximate surface area is 234 Å². The molecule has 1 amide bonds. The molecule has 0 unspecified atom stereocenters. The predicted molar refractivity (Wildman–Crippen MR) is 149 cm³/mol. The average Bonchev–Trinajstić information content (AvgIpc) is 3.56. The van der Waals surface area contributed by atoms with Crippen molar-refractivity contribution >= 4 is 40.7 Å². The Morgan fingerprint density at radius 1 is 1.05 bits per heavy atom. The first kappa shape index (κ1) is 27.8. The van der Waals surface area contributed by atoms with Crippen LogP contribution in [0.25, 0.3) is 10.4 Å². The zero-order chi connectivity index (χ0) is 27.6. The quantitative estimate of drug-likeness (QED) is 0.281. The maximum absolute atomic E-state index is 12.9. The van der Waals surface area contributed by atoms with Gasteiger partial charge in [0.15, 0.2) is 0 Å². The van der Waals surface area contributed by atoms with Crippen molar-refractivity contribution in [2.75, 3.05) is 5.32 Å². The van der Waals surface area contributed by atoms with Crippen molar-refractivity contribution in [1.29, 1.82) is 0 Å². The second-order valence-corrected chi connectivity index (χ2v) is 12.7. The lowest BCUT2D eigenvalue weighted by molar-refractivity contribution is -0.137. The fourth-order valence-corrected chi connectivity index (χ4v) is 6.97. The summed E-state index contributed by atoms with van der Waals surface area (Å²) in [5, 5.41) is 7.81. The van der Waals surface area contributed by atoms with Gasteiger partial charge in [0, 0.05) is 45.7 Å². The molecule has 0 atom stereocenters. The number of hydrogen-bond acceptors (Lipinski definition) is 7. The number of anilines is 2. The van der Waals surface area contributed by atoms with Gasteiger partial charge in [-0.15, -0.1) is 23.1 Å². The van der Waals surface area contributed by atoms with E-state index in [1.54, 1.807) is 11.3 Å². The van der Waals surface area contributed by atoms with Crippen LogP contribution < -0.4 is 10.6 Å². The highest BCUT2D eigenvalue weighted by atomic mass is 32.2. The van der Waals surface area contributed by atoms with E-state index in [1.165, 1.54) is 18.9 Å². The van der Waals surface area contributed by atoms with Gasteiger partial charge in [-0.25, -0.2) is 14.8 Å². The number of aromatic nitrogens is 2. The zero-order valence-corrected chi connectivity index (χ0v) is 23.4. The van der Waals surface area contributed by atoms with Crippen LogP contribution in [0.5, 0.6) is 0 Å². The Morgan fingerprint density at radius 2 is 1.82 bits per heavy atom. The van der Waals surface area contributed by atoms with E-state index in [4.69, 9.17) is 9.72 Å². The smallest absolute Gasteiger partial charge is 0.417 e. The zero-order valence-electron chi connectivity index (χ0n) is 21.8. The molecule has 5 rings (SSSR count). The summed E-state index contributed by atoms with van der Waals surface area (Å²) in [4.78, 5) is 22.9. The molecule has 2 heterocycles. The van der Waals surface area contributed by atoms with Gasteiger partial charge < -0.3 is 15.4 Å². The van der Waals surface area contributed by atoms with Crippen molar-refractivity contribution in [3.8, 4) is 10.4 Å². The van der Waals surface area contributed by atoms with Crippen LogP contribution in [0.3, 0.4) is 0 Å². The molecule has 2 aliphatic rings. The summed E-state index contributed by atoms with van der Waals surface area (Å²) in [5.74, 6) is 0.731. The van der Waals surface area contributed by atoms with Gasteiger partial charge in [-0.1, -0.05) is 6.07 Å². The van der Waals surface area contributed by atoms with Gasteiger partial charge in [-0.2, -0.15) is 13.2 Å².